The molecule has 0 spiro atoms. The molecular formula is C66H140N2O2S. The molecule has 0 aromatic rings. The van der Waals surface area contributed by atoms with Crippen molar-refractivity contribution in [2.75, 3.05) is 50.9 Å². The molecule has 10 aliphatic rings. The van der Waals surface area contributed by atoms with Gasteiger partial charge < -0.3 is 15.4 Å². The van der Waals surface area contributed by atoms with E-state index in [4.69, 9.17) is 4.74 Å². The van der Waals surface area contributed by atoms with Crippen molar-refractivity contribution in [1.29, 1.82) is 0 Å². The number of piperidine rings is 2. The highest BCUT2D eigenvalue weighted by Crippen LogP contribution is 2.26. The Morgan fingerprint density at radius 1 is 0.324 bits per heavy atom. The first-order valence-electron chi connectivity index (χ1n) is 31.0. The minimum absolute atomic E-state index is 0. The van der Waals surface area contributed by atoms with E-state index in [9.17, 15) is 4.21 Å². The highest BCUT2D eigenvalue weighted by atomic mass is 32.2. The Morgan fingerprint density at radius 2 is 0.577 bits per heavy atom. The van der Waals surface area contributed by atoms with Gasteiger partial charge in [-0.15, -0.1) is 0 Å². The van der Waals surface area contributed by atoms with Crippen LogP contribution < -0.4 is 10.6 Å². The Kier molecular flexibility index (Phi) is 53.7. The van der Waals surface area contributed by atoms with Gasteiger partial charge in [0.25, 0.3) is 0 Å². The first kappa shape index (κ1) is 75.1. The maximum atomic E-state index is 11.2. The molecule has 10 rings (SSSR count). The van der Waals surface area contributed by atoms with Gasteiger partial charge in [0.1, 0.15) is 0 Å². The Hall–Kier alpha value is -0.100. The van der Waals surface area contributed by atoms with E-state index in [-0.39, 0.29) is 22.3 Å². The van der Waals surface area contributed by atoms with Gasteiger partial charge in [-0.2, -0.15) is 0 Å². The predicted molar refractivity (Wildman–Crippen MR) is 330 cm³/mol. The maximum absolute atomic E-state index is 11.2. The van der Waals surface area contributed by atoms with Crippen molar-refractivity contribution in [2.24, 2.45) is 59.2 Å². The smallest absolute Gasteiger partial charge is 0.0491 e. The zero-order chi connectivity index (χ0) is 50.1. The lowest BCUT2D eigenvalue weighted by molar-refractivity contribution is 0.0616. The summed E-state index contributed by atoms with van der Waals surface area (Å²) in [5.41, 5.74) is 0. The number of nitrogens with one attached hydrogen (secondary N) is 2. The van der Waals surface area contributed by atoms with Gasteiger partial charge in [-0.25, -0.2) is 0 Å². The fourth-order valence-electron chi connectivity index (χ4n) is 10.8. The van der Waals surface area contributed by atoms with Gasteiger partial charge in [0, 0.05) is 24.7 Å². The van der Waals surface area contributed by atoms with Crippen LogP contribution in [0, 0.1) is 59.2 Å². The van der Waals surface area contributed by atoms with Crippen LogP contribution in [-0.4, -0.2) is 61.0 Å². The van der Waals surface area contributed by atoms with E-state index in [1.54, 1.807) is 0 Å². The summed E-state index contributed by atoms with van der Waals surface area (Å²) < 4.78 is 16.4. The van der Waals surface area contributed by atoms with Gasteiger partial charge in [-0.05, 0) is 152 Å². The molecule has 432 valence electrons. The predicted octanol–water partition coefficient (Wildman–Crippen LogP) is 20.4. The summed E-state index contributed by atoms with van der Waals surface area (Å²) in [6.45, 7) is 30.0. The summed E-state index contributed by atoms with van der Waals surface area (Å²) in [6.07, 6.45) is 49.1. The molecule has 0 radical (unpaired) electrons. The molecule has 4 saturated heterocycles. The summed E-state index contributed by atoms with van der Waals surface area (Å²) in [5, 5.41) is 6.67. The first-order valence-corrected chi connectivity index (χ1v) is 33.0. The van der Waals surface area contributed by atoms with Crippen LogP contribution in [0.3, 0.4) is 0 Å². The molecule has 4 heterocycles. The molecule has 2 N–H and O–H groups in total. The Morgan fingerprint density at radius 3 is 0.704 bits per heavy atom. The van der Waals surface area contributed by atoms with Crippen molar-refractivity contribution in [3.63, 3.8) is 0 Å². The van der Waals surface area contributed by atoms with E-state index >= 15 is 0 Å². The average molecular weight is 1030 g/mol. The molecule has 6 aliphatic carbocycles. The first-order chi connectivity index (χ1) is 32.6. The molecular weight excluding hydrogens is 885 g/mol. The van der Waals surface area contributed by atoms with Gasteiger partial charge >= 0.3 is 0 Å². The molecule has 3 atom stereocenters. The van der Waals surface area contributed by atoms with E-state index in [1.807, 2.05) is 0 Å². The van der Waals surface area contributed by atoms with E-state index in [0.29, 0.717) is 0 Å². The molecule has 4 aliphatic heterocycles. The van der Waals surface area contributed by atoms with E-state index < -0.39 is 9.52 Å². The molecule has 0 amide bonds. The Balaban J connectivity index is -0.000000722. The zero-order valence-corrected chi connectivity index (χ0v) is 49.2. The lowest BCUT2D eigenvalue weighted by Gasteiger charge is -2.20. The second kappa shape index (κ2) is 50.7. The highest BCUT2D eigenvalue weighted by Gasteiger charge is 2.16. The molecule has 0 unspecified atom stereocenters. The van der Waals surface area contributed by atoms with Crippen LogP contribution >= 0.6 is 0 Å². The average Bonchev–Trinajstić information content (AvgIpc) is 4.03. The van der Waals surface area contributed by atoms with Crippen molar-refractivity contribution in [3.8, 4) is 0 Å². The van der Waals surface area contributed by atoms with E-state index in [0.717, 1.165) is 96.7 Å². The monoisotopic (exact) mass is 1030 g/mol. The van der Waals surface area contributed by atoms with Crippen LogP contribution in [0.25, 0.3) is 0 Å². The molecule has 0 aromatic heterocycles. The van der Waals surface area contributed by atoms with Crippen LogP contribution in [0.15, 0.2) is 0 Å². The maximum Gasteiger partial charge on any atom is 0.0491 e. The lowest BCUT2D eigenvalue weighted by Crippen LogP contribution is -2.27. The van der Waals surface area contributed by atoms with Crippen molar-refractivity contribution in [3.05, 3.63) is 0 Å². The second-order valence-electron chi connectivity index (χ2n) is 25.3. The van der Waals surface area contributed by atoms with Crippen molar-refractivity contribution in [2.45, 2.75) is 310 Å². The largest absolute Gasteiger partial charge is 0.381 e. The summed E-state index contributed by atoms with van der Waals surface area (Å²) in [7, 11) is -1.62. The van der Waals surface area contributed by atoms with Crippen molar-refractivity contribution < 1.29 is 8.95 Å². The van der Waals surface area contributed by atoms with Gasteiger partial charge in [0.2, 0.25) is 0 Å². The van der Waals surface area contributed by atoms with Crippen LogP contribution in [0.2, 0.25) is 0 Å². The quantitative estimate of drug-likeness (QED) is 0.237. The molecule has 0 aromatic carbocycles. The molecule has 6 saturated carbocycles. The zero-order valence-electron chi connectivity index (χ0n) is 48.4. The number of ether oxygens (including phenoxy) is 1. The van der Waals surface area contributed by atoms with Crippen molar-refractivity contribution >= 4 is 15.4 Å². The molecule has 4 nitrogen and oxygen atoms in total. The molecule has 0 bridgehead atoms. The third kappa shape index (κ3) is 50.5. The van der Waals surface area contributed by atoms with E-state index in [1.165, 1.54) is 232 Å². The standard InChI is InChI=1S/C7H14OS.3C7H14.2C6H13N.C6H12O.2C6H12.C5H10.3CH4/c1-7-3-5-9(2,8)6-4-7;3*1-7-5-3-2-4-6-7;3*1-6-3-2-4-7-5-6;2*1-6-4-2-3-5-6;1-5-3-2-4-5;;;/h7H,2-6H2,1H3;3*7H,2-6H2,1H3;2*6-7H,2-5H2,1H3;6H,2-5H2,1H3;2*6H,2-5H2,1H3;5H,2-4H2,1H3;3*1H4/t;;;;3*6-;;;;;;/m....111....../s1. The molecule has 5 heteroatoms. The number of hydrogen-bond donors (Lipinski definition) is 2. The summed E-state index contributed by atoms with van der Waals surface area (Å²) >= 11 is 0. The topological polar surface area (TPSA) is 50.4 Å². The molecule has 71 heavy (non-hydrogen) atoms. The van der Waals surface area contributed by atoms with Crippen LogP contribution in [0.5, 0.6) is 0 Å². The van der Waals surface area contributed by atoms with Gasteiger partial charge in [0.15, 0.2) is 0 Å². The van der Waals surface area contributed by atoms with Crippen LogP contribution in [0.4, 0.5) is 0 Å². The summed E-state index contributed by atoms with van der Waals surface area (Å²) in [6, 6.07) is 0. The minimum atomic E-state index is -1.62. The highest BCUT2D eigenvalue weighted by molar-refractivity contribution is 8.00. The third-order valence-corrected chi connectivity index (χ3v) is 18.8. The fourth-order valence-corrected chi connectivity index (χ4v) is 12.7. The fraction of sp³-hybridized carbons (Fsp3) is 0.985. The normalized spacial score (nSPS) is 29.0. The number of hydrogen-bond acceptors (Lipinski definition) is 4. The summed E-state index contributed by atoms with van der Waals surface area (Å²) in [5.74, 6) is 15.1. The van der Waals surface area contributed by atoms with Gasteiger partial charge in [-0.1, -0.05) is 258 Å². The number of rotatable bonds is 0. The van der Waals surface area contributed by atoms with Crippen molar-refractivity contribution in [1.82, 2.24) is 10.6 Å². The minimum Gasteiger partial charge on any atom is -0.381 e. The lowest BCUT2D eigenvalue weighted by atomic mass is 9.88. The second-order valence-corrected chi connectivity index (χ2v) is 28.1. The summed E-state index contributed by atoms with van der Waals surface area (Å²) in [4.78, 5) is 0. The van der Waals surface area contributed by atoms with Crippen LogP contribution in [0.1, 0.15) is 310 Å². The molecule has 10 fully saturated rings. The SMILES string of the molecule is C.C.C.C=S1(=O)CCC(C)CC1.CC1CCC1.CC1CCCC1.CC1CCCC1.CC1CCCCC1.CC1CCCCC1.CC1CCCCC1.C[C@@H]1CCCNC1.C[C@@H]1CCCNC1.C[C@@H]1CCCOC1. The van der Waals surface area contributed by atoms with Gasteiger partial charge in [0.05, 0.1) is 0 Å². The van der Waals surface area contributed by atoms with Crippen LogP contribution in [-0.2, 0) is 14.3 Å². The third-order valence-electron chi connectivity index (χ3n) is 16.8. The van der Waals surface area contributed by atoms with E-state index in [2.05, 4.69) is 85.7 Å². The Bertz CT molecular complexity index is 972. The van der Waals surface area contributed by atoms with Gasteiger partial charge in [-0.3, -0.25) is 4.21 Å². The Labute approximate surface area is 452 Å².